The normalized spacial score (nSPS) is 27.1. The molecule has 0 spiro atoms. The summed E-state index contributed by atoms with van der Waals surface area (Å²) >= 11 is 0. The van der Waals surface area contributed by atoms with Crippen LogP contribution in [0.5, 0.6) is 0 Å². The second kappa shape index (κ2) is 2.37. The molecular formula is C9H10O3. The lowest BCUT2D eigenvalue weighted by Gasteiger charge is -1.90. The summed E-state index contributed by atoms with van der Waals surface area (Å²) in [5.41, 5.74) is 0. The van der Waals surface area contributed by atoms with Crippen LogP contribution >= 0.6 is 0 Å². The van der Waals surface area contributed by atoms with Crippen molar-refractivity contribution in [2.75, 3.05) is 0 Å². The number of carbonyl (C=O) groups is 1. The van der Waals surface area contributed by atoms with Gasteiger partial charge >= 0.3 is 5.97 Å². The zero-order chi connectivity index (χ0) is 8.72. The largest absolute Gasteiger partial charge is 0.481 e. The first kappa shape index (κ1) is 7.40. The van der Waals surface area contributed by atoms with Crippen molar-refractivity contribution in [3.8, 4) is 0 Å². The molecule has 12 heavy (non-hydrogen) atoms. The molecule has 0 aliphatic heterocycles. The molecule has 0 aromatic carbocycles. The molecule has 0 unspecified atom stereocenters. The topological polar surface area (TPSA) is 50.4 Å². The van der Waals surface area contributed by atoms with Crippen LogP contribution in [-0.4, -0.2) is 11.1 Å². The molecular weight excluding hydrogens is 156 g/mol. The maximum atomic E-state index is 10.5. The quantitative estimate of drug-likeness (QED) is 0.728. The van der Waals surface area contributed by atoms with Gasteiger partial charge in [0.15, 0.2) is 0 Å². The number of hydrogen-bond donors (Lipinski definition) is 1. The molecule has 1 aliphatic rings. The lowest BCUT2D eigenvalue weighted by molar-refractivity contribution is -0.138. The minimum Gasteiger partial charge on any atom is -0.481 e. The lowest BCUT2D eigenvalue weighted by atomic mass is 10.2. The van der Waals surface area contributed by atoms with Crippen LogP contribution in [0.25, 0.3) is 0 Å². The van der Waals surface area contributed by atoms with Crippen molar-refractivity contribution in [3.05, 3.63) is 23.7 Å². The molecule has 1 aliphatic carbocycles. The average molecular weight is 166 g/mol. The monoisotopic (exact) mass is 166 g/mol. The van der Waals surface area contributed by atoms with Crippen molar-refractivity contribution in [2.45, 2.75) is 19.3 Å². The summed E-state index contributed by atoms with van der Waals surface area (Å²) in [6.07, 6.45) is 0.724. The molecule has 3 heteroatoms. The Kier molecular flexibility index (Phi) is 1.46. The first-order chi connectivity index (χ1) is 5.68. The van der Waals surface area contributed by atoms with Crippen molar-refractivity contribution in [1.82, 2.24) is 0 Å². The van der Waals surface area contributed by atoms with Gasteiger partial charge in [-0.25, -0.2) is 0 Å². The summed E-state index contributed by atoms with van der Waals surface area (Å²) in [6, 6.07) is 3.73. The van der Waals surface area contributed by atoms with Crippen LogP contribution in [-0.2, 0) is 4.79 Å². The number of aliphatic carboxylic acids is 1. The van der Waals surface area contributed by atoms with E-state index in [1.807, 2.05) is 19.1 Å². The summed E-state index contributed by atoms with van der Waals surface area (Å²) in [4.78, 5) is 10.5. The lowest BCUT2D eigenvalue weighted by Crippen LogP contribution is -1.98. The van der Waals surface area contributed by atoms with Crippen molar-refractivity contribution in [3.63, 3.8) is 0 Å². The molecule has 1 aromatic rings. The number of carboxylic acid groups (broad SMARTS) is 1. The van der Waals surface area contributed by atoms with E-state index in [0.717, 1.165) is 17.9 Å². The van der Waals surface area contributed by atoms with E-state index in [4.69, 9.17) is 9.52 Å². The maximum absolute atomic E-state index is 10.5. The van der Waals surface area contributed by atoms with Gasteiger partial charge in [-0.3, -0.25) is 4.79 Å². The Bertz CT molecular complexity index is 313. The van der Waals surface area contributed by atoms with E-state index < -0.39 is 5.97 Å². The van der Waals surface area contributed by atoms with Crippen LogP contribution in [0.4, 0.5) is 0 Å². The van der Waals surface area contributed by atoms with Crippen molar-refractivity contribution in [2.24, 2.45) is 5.92 Å². The molecule has 1 N–H and O–H groups in total. The van der Waals surface area contributed by atoms with Gasteiger partial charge in [-0.1, -0.05) is 0 Å². The Balaban J connectivity index is 2.10. The van der Waals surface area contributed by atoms with Gasteiger partial charge in [-0.05, 0) is 25.5 Å². The highest BCUT2D eigenvalue weighted by Gasteiger charge is 2.46. The van der Waals surface area contributed by atoms with E-state index in [0.29, 0.717) is 0 Å². The average Bonchev–Trinajstić information content (AvgIpc) is 2.70. The van der Waals surface area contributed by atoms with Gasteiger partial charge in [0.25, 0.3) is 0 Å². The molecule has 3 nitrogen and oxygen atoms in total. The highest BCUT2D eigenvalue weighted by atomic mass is 16.4. The SMILES string of the molecule is Cc1ccc([C@H]2C[C@@H]2C(=O)O)o1. The Labute approximate surface area is 70.0 Å². The molecule has 64 valence electrons. The van der Waals surface area contributed by atoms with E-state index >= 15 is 0 Å². The number of carboxylic acids is 1. The first-order valence-electron chi connectivity index (χ1n) is 3.97. The van der Waals surface area contributed by atoms with Crippen LogP contribution in [0.2, 0.25) is 0 Å². The van der Waals surface area contributed by atoms with Crippen LogP contribution in [0.1, 0.15) is 23.9 Å². The smallest absolute Gasteiger partial charge is 0.307 e. The second-order valence-electron chi connectivity index (χ2n) is 3.24. The van der Waals surface area contributed by atoms with Gasteiger partial charge < -0.3 is 9.52 Å². The molecule has 0 bridgehead atoms. The fourth-order valence-corrected chi connectivity index (χ4v) is 1.44. The van der Waals surface area contributed by atoms with E-state index in [1.54, 1.807) is 0 Å². The molecule has 1 saturated carbocycles. The number of aryl methyl sites for hydroxylation is 1. The molecule has 2 atom stereocenters. The number of rotatable bonds is 2. The van der Waals surface area contributed by atoms with Gasteiger partial charge in [-0.2, -0.15) is 0 Å². The molecule has 1 heterocycles. The number of hydrogen-bond acceptors (Lipinski definition) is 2. The third-order valence-corrected chi connectivity index (χ3v) is 2.23. The molecule has 1 aromatic heterocycles. The standard InChI is InChI=1S/C9H10O3/c1-5-2-3-8(12-5)6-4-7(6)9(10)11/h2-3,6-7H,4H2,1H3,(H,10,11)/t6-,7-/m0/s1. The van der Waals surface area contributed by atoms with Gasteiger partial charge in [0, 0.05) is 5.92 Å². The predicted octanol–water partition coefficient (Wildman–Crippen LogP) is 1.78. The molecule has 0 amide bonds. The first-order valence-corrected chi connectivity index (χ1v) is 3.97. The fraction of sp³-hybridized carbons (Fsp3) is 0.444. The van der Waals surface area contributed by atoms with E-state index in [-0.39, 0.29) is 11.8 Å². The van der Waals surface area contributed by atoms with Crippen LogP contribution in [0, 0.1) is 12.8 Å². The molecule has 0 radical (unpaired) electrons. The third kappa shape index (κ3) is 1.11. The fourth-order valence-electron chi connectivity index (χ4n) is 1.44. The highest BCUT2D eigenvalue weighted by Crippen LogP contribution is 2.47. The molecule has 1 fully saturated rings. The van der Waals surface area contributed by atoms with Crippen LogP contribution < -0.4 is 0 Å². The van der Waals surface area contributed by atoms with Crippen molar-refractivity contribution in [1.29, 1.82) is 0 Å². The van der Waals surface area contributed by atoms with Crippen molar-refractivity contribution >= 4 is 5.97 Å². The summed E-state index contributed by atoms with van der Waals surface area (Å²) in [5, 5.41) is 8.65. The zero-order valence-corrected chi connectivity index (χ0v) is 6.78. The summed E-state index contributed by atoms with van der Waals surface area (Å²) in [5.74, 6) is 0.863. The minimum absolute atomic E-state index is 0.121. The summed E-state index contributed by atoms with van der Waals surface area (Å²) in [7, 11) is 0. The Hall–Kier alpha value is -1.25. The Morgan fingerprint density at radius 3 is 2.83 bits per heavy atom. The van der Waals surface area contributed by atoms with E-state index in [9.17, 15) is 4.79 Å². The van der Waals surface area contributed by atoms with Crippen molar-refractivity contribution < 1.29 is 14.3 Å². The van der Waals surface area contributed by atoms with E-state index in [2.05, 4.69) is 0 Å². The predicted molar refractivity (Wildman–Crippen MR) is 41.9 cm³/mol. The van der Waals surface area contributed by atoms with Gasteiger partial charge in [-0.15, -0.1) is 0 Å². The molecule has 2 rings (SSSR count). The number of furan rings is 1. The van der Waals surface area contributed by atoms with Gasteiger partial charge in [0.05, 0.1) is 5.92 Å². The minimum atomic E-state index is -0.714. The third-order valence-electron chi connectivity index (χ3n) is 2.23. The Morgan fingerprint density at radius 1 is 1.67 bits per heavy atom. The van der Waals surface area contributed by atoms with Gasteiger partial charge in [0.2, 0.25) is 0 Å². The van der Waals surface area contributed by atoms with E-state index in [1.165, 1.54) is 0 Å². The summed E-state index contributed by atoms with van der Waals surface area (Å²) < 4.78 is 5.32. The second-order valence-corrected chi connectivity index (χ2v) is 3.24. The van der Waals surface area contributed by atoms with Crippen LogP contribution in [0.15, 0.2) is 16.5 Å². The summed E-state index contributed by atoms with van der Waals surface area (Å²) in [6.45, 7) is 1.86. The highest BCUT2D eigenvalue weighted by molar-refractivity contribution is 5.74. The van der Waals surface area contributed by atoms with Gasteiger partial charge in [0.1, 0.15) is 11.5 Å². The zero-order valence-electron chi connectivity index (χ0n) is 6.78. The Morgan fingerprint density at radius 2 is 2.42 bits per heavy atom. The van der Waals surface area contributed by atoms with Crippen LogP contribution in [0.3, 0.4) is 0 Å². The molecule has 0 saturated heterocycles. The maximum Gasteiger partial charge on any atom is 0.307 e.